The summed E-state index contributed by atoms with van der Waals surface area (Å²) in [6.45, 7) is 6.73. The third-order valence-corrected chi connectivity index (χ3v) is 12.0. The van der Waals surface area contributed by atoms with Gasteiger partial charge >= 0.3 is 5.97 Å². The highest BCUT2D eigenvalue weighted by atomic mass is 16.7. The highest BCUT2D eigenvalue weighted by Gasteiger charge is 2.49. The van der Waals surface area contributed by atoms with Gasteiger partial charge in [0.2, 0.25) is 0 Å². The number of carbonyl (C=O) groups excluding carboxylic acids is 2. The van der Waals surface area contributed by atoms with Crippen molar-refractivity contribution in [3.63, 3.8) is 0 Å². The molecule has 368 valence electrons. The van der Waals surface area contributed by atoms with Crippen LogP contribution in [0.2, 0.25) is 0 Å². The van der Waals surface area contributed by atoms with Gasteiger partial charge in [-0.25, -0.2) is 0 Å². The Morgan fingerprint density at radius 3 is 1.83 bits per heavy atom. The van der Waals surface area contributed by atoms with E-state index in [-0.39, 0.29) is 31.6 Å². The average Bonchev–Trinajstić information content (AvgIpc) is 3.21. The van der Waals surface area contributed by atoms with Crippen LogP contribution in [0, 0.1) is 17.8 Å². The Morgan fingerprint density at radius 1 is 0.677 bits per heavy atom. The quantitative estimate of drug-likeness (QED) is 0.157. The van der Waals surface area contributed by atoms with Crippen LogP contribution in [0.1, 0.15) is 79.1 Å². The Kier molecular flexibility index (Phi) is 23.6. The standard InChI is InChI=1S/C47H73NO17/c1-27-17-15-13-11-9-7-5-6-8-10-12-14-16-18-34(64-46-44(58)41(48)43(57)30(4)63-46)24-38-40(45(59)60)37(54)26-47(61,65-38)25-33(51)22-36(53)35(52)20-19-31(49)21-32(50)23-39(55)62-29(3)28(2)42(27)56/h5-18,27-38,40-44,46,49-54,56-58,61H,19-26,48H2,1-4H3,(H,59,60)/p-1/b6-5+,9-7+,10-8+,13-11+,14-12+,17-15+,18-16+/t27-,28-,29-,30+,31?,32?,33?,34?,35?,36?,37-,38-,40?,41-,42?,43+,44-,46?,47?/m0/s1. The van der Waals surface area contributed by atoms with Crippen LogP contribution in [0.5, 0.6) is 0 Å². The maximum Gasteiger partial charge on any atom is 0.308 e. The number of aliphatic hydroxyl groups excluding tert-OH is 9. The molecule has 0 aliphatic carbocycles. The van der Waals surface area contributed by atoms with Crippen LogP contribution < -0.4 is 10.8 Å². The Balaban J connectivity index is 1.86. The largest absolute Gasteiger partial charge is 0.550 e. The Bertz CT molecular complexity index is 1670. The zero-order valence-electron chi connectivity index (χ0n) is 37.5. The van der Waals surface area contributed by atoms with E-state index in [9.17, 15) is 65.8 Å². The summed E-state index contributed by atoms with van der Waals surface area (Å²) in [5.41, 5.74) is 6.01. The summed E-state index contributed by atoms with van der Waals surface area (Å²) in [6.07, 6.45) is 2.97. The van der Waals surface area contributed by atoms with E-state index in [1.807, 2.05) is 13.0 Å². The first-order chi connectivity index (χ1) is 30.6. The number of allylic oxidation sites excluding steroid dienone is 12. The predicted molar refractivity (Wildman–Crippen MR) is 234 cm³/mol. The lowest BCUT2D eigenvalue weighted by molar-refractivity contribution is -0.344. The summed E-state index contributed by atoms with van der Waals surface area (Å²) in [6, 6.07) is -1.16. The van der Waals surface area contributed by atoms with Gasteiger partial charge in [-0.2, -0.15) is 0 Å². The number of hydrogen-bond acceptors (Lipinski definition) is 18. The lowest BCUT2D eigenvalue weighted by atomic mass is 9.82. The molecule has 18 nitrogen and oxygen atoms in total. The normalized spacial score (nSPS) is 45.5. The minimum atomic E-state index is -2.35. The number of cyclic esters (lactones) is 1. The lowest BCUT2D eigenvalue weighted by Gasteiger charge is -2.46. The summed E-state index contributed by atoms with van der Waals surface area (Å²) in [7, 11) is 0. The average molecular weight is 923 g/mol. The SMILES string of the molecule is C[C@@H]1OC(=O)CC(O)CC(O)CCC(O)C(O)CC(O)CC2(O)C[C@H](O)C(C(=O)[O-])[C@H](CC(OC3O[C@H](C)[C@@H](O)[C@H](N)[C@@H]3O)/C=C/C=C/C=C/C=C/C=C/C=C/C=C/[C@H](C)C(O)[C@H]1C)O2. The van der Waals surface area contributed by atoms with Crippen LogP contribution in [0.3, 0.4) is 0 Å². The number of aliphatic carboxylic acids is 1. The van der Waals surface area contributed by atoms with Crippen LogP contribution in [-0.4, -0.2) is 160 Å². The van der Waals surface area contributed by atoms with Crippen molar-refractivity contribution >= 4 is 11.9 Å². The lowest BCUT2D eigenvalue weighted by Crippen LogP contribution is -2.62. The number of hydrogen-bond donors (Lipinski definition) is 11. The van der Waals surface area contributed by atoms with E-state index in [1.54, 1.807) is 86.8 Å². The second-order valence-electron chi connectivity index (χ2n) is 17.5. The monoisotopic (exact) mass is 922 g/mol. The van der Waals surface area contributed by atoms with Gasteiger partial charge in [-0.3, -0.25) is 4.79 Å². The molecule has 0 amide bonds. The molecule has 19 atom stereocenters. The number of carboxylic acids is 1. The molecule has 0 spiro atoms. The van der Waals surface area contributed by atoms with E-state index in [1.165, 1.54) is 13.0 Å². The van der Waals surface area contributed by atoms with Crippen LogP contribution in [0.4, 0.5) is 0 Å². The molecule has 18 heteroatoms. The minimum absolute atomic E-state index is 0.113. The first kappa shape index (κ1) is 55.9. The molecular weight excluding hydrogens is 851 g/mol. The molecule has 2 saturated heterocycles. The van der Waals surface area contributed by atoms with Crippen LogP contribution >= 0.6 is 0 Å². The molecule has 12 N–H and O–H groups in total. The Labute approximate surface area is 381 Å². The summed E-state index contributed by atoms with van der Waals surface area (Å²) < 4.78 is 23.1. The van der Waals surface area contributed by atoms with Gasteiger partial charge in [0.05, 0.1) is 85.5 Å². The maximum atomic E-state index is 12.6. The van der Waals surface area contributed by atoms with Gasteiger partial charge in [-0.15, -0.1) is 0 Å². The molecule has 2 bridgehead atoms. The second kappa shape index (κ2) is 27.4. The van der Waals surface area contributed by atoms with Crippen molar-refractivity contribution in [2.75, 3.05) is 0 Å². The molecule has 3 rings (SSSR count). The molecule has 0 aromatic rings. The molecule has 0 saturated carbocycles. The summed E-state index contributed by atoms with van der Waals surface area (Å²) >= 11 is 0. The smallest absolute Gasteiger partial charge is 0.308 e. The van der Waals surface area contributed by atoms with Crippen molar-refractivity contribution in [2.45, 2.75) is 177 Å². The molecule has 0 aromatic heterocycles. The number of nitrogens with two attached hydrogens (primary N) is 1. The second-order valence-corrected chi connectivity index (χ2v) is 17.5. The number of aliphatic hydroxyl groups is 10. The summed E-state index contributed by atoms with van der Waals surface area (Å²) in [5, 5.41) is 120. The fourth-order valence-corrected chi connectivity index (χ4v) is 7.95. The summed E-state index contributed by atoms with van der Waals surface area (Å²) in [5.74, 6) is -7.22. The summed E-state index contributed by atoms with van der Waals surface area (Å²) in [4.78, 5) is 25.0. The van der Waals surface area contributed by atoms with Gasteiger partial charge in [-0.1, -0.05) is 98.9 Å². The van der Waals surface area contributed by atoms with E-state index in [0.29, 0.717) is 0 Å². The number of ether oxygens (including phenoxy) is 4. The highest BCUT2D eigenvalue weighted by molar-refractivity contribution is 5.70. The van der Waals surface area contributed by atoms with Crippen molar-refractivity contribution in [1.29, 1.82) is 0 Å². The van der Waals surface area contributed by atoms with Gasteiger partial charge < -0.3 is 85.6 Å². The molecule has 3 aliphatic rings. The van der Waals surface area contributed by atoms with Gasteiger partial charge in [0, 0.05) is 43.5 Å². The van der Waals surface area contributed by atoms with E-state index < -0.39 is 147 Å². The van der Waals surface area contributed by atoms with Gasteiger partial charge in [0.25, 0.3) is 0 Å². The Morgan fingerprint density at radius 2 is 1.25 bits per heavy atom. The zero-order valence-corrected chi connectivity index (χ0v) is 37.5. The first-order valence-corrected chi connectivity index (χ1v) is 22.3. The van der Waals surface area contributed by atoms with Crippen molar-refractivity contribution in [1.82, 2.24) is 0 Å². The van der Waals surface area contributed by atoms with Gasteiger partial charge in [0.1, 0.15) is 12.2 Å². The molecule has 3 aliphatic heterocycles. The predicted octanol–water partition coefficient (Wildman–Crippen LogP) is -0.623. The first-order valence-electron chi connectivity index (χ1n) is 22.3. The molecule has 10 unspecified atom stereocenters. The number of carboxylic acid groups (broad SMARTS) is 1. The molecule has 65 heavy (non-hydrogen) atoms. The van der Waals surface area contributed by atoms with Gasteiger partial charge in [0.15, 0.2) is 12.1 Å². The molecule has 2 fully saturated rings. The van der Waals surface area contributed by atoms with Crippen molar-refractivity contribution < 1.29 is 84.7 Å². The Hall–Kier alpha value is -3.44. The number of fused-ring (bicyclic) bond motifs is 2. The fraction of sp³-hybridized carbons (Fsp3) is 0.660. The third kappa shape index (κ3) is 18.6. The van der Waals surface area contributed by atoms with Crippen LogP contribution in [-0.2, 0) is 28.5 Å². The number of esters is 1. The number of rotatable bonds is 3. The molecule has 0 aromatic carbocycles. The maximum absolute atomic E-state index is 12.6. The third-order valence-electron chi connectivity index (χ3n) is 12.0. The molecule has 0 radical (unpaired) electrons. The molecule has 3 heterocycles. The fourth-order valence-electron chi connectivity index (χ4n) is 7.95. The molecular formula is C47H72NO17-. The van der Waals surface area contributed by atoms with E-state index >= 15 is 0 Å². The minimum Gasteiger partial charge on any atom is -0.550 e. The zero-order chi connectivity index (χ0) is 48.4. The van der Waals surface area contributed by atoms with Crippen molar-refractivity contribution in [3.05, 3.63) is 85.1 Å². The van der Waals surface area contributed by atoms with Crippen LogP contribution in [0.15, 0.2) is 85.1 Å². The number of carbonyl (C=O) groups is 2. The topological polar surface area (TPSA) is 322 Å². The van der Waals surface area contributed by atoms with E-state index in [4.69, 9.17) is 24.7 Å². The van der Waals surface area contributed by atoms with Crippen molar-refractivity contribution in [3.8, 4) is 0 Å². The van der Waals surface area contributed by atoms with E-state index in [0.717, 1.165) is 0 Å². The highest BCUT2D eigenvalue weighted by Crippen LogP contribution is 2.38. The van der Waals surface area contributed by atoms with E-state index in [2.05, 4.69) is 0 Å². The van der Waals surface area contributed by atoms with Crippen LogP contribution in [0.25, 0.3) is 0 Å². The van der Waals surface area contributed by atoms with Gasteiger partial charge in [-0.05, 0) is 33.1 Å². The van der Waals surface area contributed by atoms with Crippen molar-refractivity contribution in [2.24, 2.45) is 23.5 Å².